The molecule has 1 aliphatic rings. The summed E-state index contributed by atoms with van der Waals surface area (Å²) in [6.45, 7) is 1.60. The van der Waals surface area contributed by atoms with Gasteiger partial charge in [-0.15, -0.1) is 0 Å². The minimum atomic E-state index is -0.563. The van der Waals surface area contributed by atoms with Crippen LogP contribution in [0.25, 0.3) is 10.9 Å². The third kappa shape index (κ3) is 3.27. The SMILES string of the molecule is CCOC(=O)CN1C(=O)CC(Cc2cnc3ccccc3c2)C1=O. The molecule has 0 bridgehead atoms. The minimum absolute atomic E-state index is 0.116. The summed E-state index contributed by atoms with van der Waals surface area (Å²) in [5.41, 5.74) is 1.79. The molecule has 0 N–H and O–H groups in total. The van der Waals surface area contributed by atoms with Crippen molar-refractivity contribution in [1.29, 1.82) is 0 Å². The highest BCUT2D eigenvalue weighted by Gasteiger charge is 2.39. The van der Waals surface area contributed by atoms with E-state index in [1.165, 1.54) is 0 Å². The number of rotatable bonds is 5. The van der Waals surface area contributed by atoms with E-state index in [0.717, 1.165) is 21.4 Å². The molecule has 6 heteroatoms. The number of imide groups is 1. The second kappa shape index (κ2) is 6.78. The van der Waals surface area contributed by atoms with Gasteiger partial charge < -0.3 is 4.74 Å². The van der Waals surface area contributed by atoms with Crippen LogP contribution in [0, 0.1) is 5.92 Å². The molecule has 0 aliphatic carbocycles. The number of esters is 1. The number of pyridine rings is 1. The zero-order valence-electron chi connectivity index (χ0n) is 13.4. The molecule has 0 saturated carbocycles. The maximum Gasteiger partial charge on any atom is 0.326 e. The molecule has 1 unspecified atom stereocenters. The quantitative estimate of drug-likeness (QED) is 0.617. The second-order valence-electron chi connectivity index (χ2n) is 5.76. The number of nitrogens with zero attached hydrogens (tertiary/aromatic N) is 2. The van der Waals surface area contributed by atoms with E-state index in [-0.39, 0.29) is 31.4 Å². The number of carbonyl (C=O) groups is 3. The second-order valence-corrected chi connectivity index (χ2v) is 5.76. The van der Waals surface area contributed by atoms with Gasteiger partial charge in [0.1, 0.15) is 6.54 Å². The largest absolute Gasteiger partial charge is 0.465 e. The maximum atomic E-state index is 12.4. The van der Waals surface area contributed by atoms with Crippen molar-refractivity contribution in [3.05, 3.63) is 42.1 Å². The third-order valence-electron chi connectivity index (χ3n) is 4.06. The Morgan fingerprint density at radius 1 is 1.33 bits per heavy atom. The number of para-hydroxylation sites is 1. The van der Waals surface area contributed by atoms with E-state index in [9.17, 15) is 14.4 Å². The third-order valence-corrected chi connectivity index (χ3v) is 4.06. The molecule has 1 fully saturated rings. The molecule has 2 heterocycles. The number of ether oxygens (including phenoxy) is 1. The first-order valence-corrected chi connectivity index (χ1v) is 7.92. The molecule has 1 atom stereocenters. The van der Waals surface area contributed by atoms with Crippen molar-refractivity contribution < 1.29 is 19.1 Å². The molecule has 6 nitrogen and oxygen atoms in total. The number of hydrogen-bond acceptors (Lipinski definition) is 5. The van der Waals surface area contributed by atoms with E-state index >= 15 is 0 Å². The van der Waals surface area contributed by atoms with Crippen LogP contribution in [0.5, 0.6) is 0 Å². The zero-order chi connectivity index (χ0) is 17.1. The number of aromatic nitrogens is 1. The average Bonchev–Trinajstić information content (AvgIpc) is 2.82. The lowest BCUT2D eigenvalue weighted by Gasteiger charge is -2.14. The molecule has 24 heavy (non-hydrogen) atoms. The Morgan fingerprint density at radius 2 is 2.12 bits per heavy atom. The summed E-state index contributed by atoms with van der Waals surface area (Å²) in [4.78, 5) is 41.3. The summed E-state index contributed by atoms with van der Waals surface area (Å²) in [5, 5.41) is 0.996. The molecule has 0 radical (unpaired) electrons. The van der Waals surface area contributed by atoms with Crippen LogP contribution in [0.4, 0.5) is 0 Å². The van der Waals surface area contributed by atoms with Crippen molar-refractivity contribution >= 4 is 28.7 Å². The predicted octanol–water partition coefficient (Wildman–Crippen LogP) is 1.72. The van der Waals surface area contributed by atoms with E-state index in [1.54, 1.807) is 13.1 Å². The van der Waals surface area contributed by atoms with Crippen LogP contribution >= 0.6 is 0 Å². The van der Waals surface area contributed by atoms with Crippen LogP contribution in [0.1, 0.15) is 18.9 Å². The van der Waals surface area contributed by atoms with Crippen LogP contribution in [-0.4, -0.2) is 40.8 Å². The van der Waals surface area contributed by atoms with Gasteiger partial charge in [-0.25, -0.2) is 0 Å². The van der Waals surface area contributed by atoms with Gasteiger partial charge in [-0.1, -0.05) is 18.2 Å². The van der Waals surface area contributed by atoms with Gasteiger partial charge in [-0.3, -0.25) is 24.3 Å². The maximum absolute atomic E-state index is 12.4. The number of hydrogen-bond donors (Lipinski definition) is 0. The molecular weight excluding hydrogens is 308 g/mol. The van der Waals surface area contributed by atoms with Gasteiger partial charge in [-0.05, 0) is 31.0 Å². The smallest absolute Gasteiger partial charge is 0.326 e. The lowest BCUT2D eigenvalue weighted by molar-refractivity contribution is -0.152. The molecule has 124 valence electrons. The van der Waals surface area contributed by atoms with Crippen molar-refractivity contribution in [3.8, 4) is 0 Å². The minimum Gasteiger partial charge on any atom is -0.465 e. The van der Waals surface area contributed by atoms with E-state index in [1.807, 2.05) is 30.3 Å². The molecule has 1 aliphatic heterocycles. The Hall–Kier alpha value is -2.76. The van der Waals surface area contributed by atoms with Gasteiger partial charge in [0, 0.05) is 18.0 Å². The fourth-order valence-corrected chi connectivity index (χ4v) is 2.93. The lowest BCUT2D eigenvalue weighted by Crippen LogP contribution is -2.36. The number of carbonyl (C=O) groups excluding carboxylic acids is 3. The first-order chi connectivity index (χ1) is 11.6. The summed E-state index contributed by atoms with van der Waals surface area (Å²) >= 11 is 0. The molecule has 1 aromatic heterocycles. The van der Waals surface area contributed by atoms with Gasteiger partial charge in [0.25, 0.3) is 0 Å². The number of amides is 2. The number of likely N-dealkylation sites (tertiary alicyclic amines) is 1. The summed E-state index contributed by atoms with van der Waals surface area (Å²) in [7, 11) is 0. The fraction of sp³-hybridized carbons (Fsp3) is 0.333. The van der Waals surface area contributed by atoms with Gasteiger partial charge >= 0.3 is 5.97 Å². The Bertz CT molecular complexity index is 802. The summed E-state index contributed by atoms with van der Waals surface area (Å²) in [5.74, 6) is -1.66. The highest BCUT2D eigenvalue weighted by molar-refractivity contribution is 6.05. The first-order valence-electron chi connectivity index (χ1n) is 7.92. The number of benzene rings is 1. The predicted molar refractivity (Wildman–Crippen MR) is 86.9 cm³/mol. The van der Waals surface area contributed by atoms with Crippen LogP contribution in [0.3, 0.4) is 0 Å². The van der Waals surface area contributed by atoms with Crippen molar-refractivity contribution in [2.24, 2.45) is 5.92 Å². The van der Waals surface area contributed by atoms with Crippen LogP contribution in [-0.2, 0) is 25.5 Å². The van der Waals surface area contributed by atoms with Crippen molar-refractivity contribution in [3.63, 3.8) is 0 Å². The zero-order valence-corrected chi connectivity index (χ0v) is 13.4. The fourth-order valence-electron chi connectivity index (χ4n) is 2.93. The molecule has 0 spiro atoms. The molecule has 1 saturated heterocycles. The lowest BCUT2D eigenvalue weighted by atomic mass is 9.98. The first kappa shape index (κ1) is 16.1. The van der Waals surface area contributed by atoms with Crippen molar-refractivity contribution in [1.82, 2.24) is 9.88 Å². The Morgan fingerprint density at radius 3 is 2.92 bits per heavy atom. The van der Waals surface area contributed by atoms with E-state index in [4.69, 9.17) is 4.74 Å². The highest BCUT2D eigenvalue weighted by atomic mass is 16.5. The Kier molecular flexibility index (Phi) is 4.55. The van der Waals surface area contributed by atoms with Crippen LogP contribution < -0.4 is 0 Å². The Labute approximate surface area is 139 Å². The average molecular weight is 326 g/mol. The van der Waals surface area contributed by atoms with E-state index < -0.39 is 11.9 Å². The monoisotopic (exact) mass is 326 g/mol. The molecule has 2 aromatic rings. The van der Waals surface area contributed by atoms with Gasteiger partial charge in [0.15, 0.2) is 0 Å². The van der Waals surface area contributed by atoms with Crippen LogP contribution in [0.2, 0.25) is 0 Å². The Balaban J connectivity index is 1.72. The molecule has 2 amide bonds. The topological polar surface area (TPSA) is 76.6 Å². The van der Waals surface area contributed by atoms with Crippen molar-refractivity contribution in [2.45, 2.75) is 19.8 Å². The van der Waals surface area contributed by atoms with Gasteiger partial charge in [-0.2, -0.15) is 0 Å². The van der Waals surface area contributed by atoms with E-state index in [2.05, 4.69) is 4.98 Å². The van der Waals surface area contributed by atoms with Crippen molar-refractivity contribution in [2.75, 3.05) is 13.2 Å². The van der Waals surface area contributed by atoms with Crippen LogP contribution in [0.15, 0.2) is 36.5 Å². The molecule has 1 aromatic carbocycles. The van der Waals surface area contributed by atoms with Gasteiger partial charge in [0.2, 0.25) is 11.8 Å². The number of fused-ring (bicyclic) bond motifs is 1. The normalized spacial score (nSPS) is 17.5. The summed E-state index contributed by atoms with van der Waals surface area (Å²) in [6, 6.07) is 9.71. The van der Waals surface area contributed by atoms with Gasteiger partial charge in [0.05, 0.1) is 18.0 Å². The summed E-state index contributed by atoms with van der Waals surface area (Å²) in [6.07, 6.45) is 2.28. The summed E-state index contributed by atoms with van der Waals surface area (Å²) < 4.78 is 4.81. The standard InChI is InChI=1S/C18H18N2O4/c1-2-24-17(22)11-20-16(21)9-14(18(20)23)8-12-7-13-5-3-4-6-15(13)19-10-12/h3-7,10,14H,2,8-9,11H2,1H3. The van der Waals surface area contributed by atoms with E-state index in [0.29, 0.717) is 6.42 Å². The highest BCUT2D eigenvalue weighted by Crippen LogP contribution is 2.24. The molecule has 3 rings (SSSR count). The molecular formula is C18H18N2O4.